The van der Waals surface area contributed by atoms with Gasteiger partial charge in [0.1, 0.15) is 0 Å². The Morgan fingerprint density at radius 1 is 1.58 bits per heavy atom. The zero-order chi connectivity index (χ0) is 8.55. The molecule has 12 heavy (non-hydrogen) atoms. The topological polar surface area (TPSA) is 64.9 Å². The van der Waals surface area contributed by atoms with Crippen LogP contribution in [0.2, 0.25) is 0 Å². The summed E-state index contributed by atoms with van der Waals surface area (Å²) in [4.78, 5) is 4.01. The van der Waals surface area contributed by atoms with Crippen LogP contribution in [0.25, 0.3) is 11.6 Å². The molecule has 0 fully saturated rings. The van der Waals surface area contributed by atoms with Gasteiger partial charge < -0.3 is 10.2 Å². The summed E-state index contributed by atoms with van der Waals surface area (Å²) in [6.07, 6.45) is 1.61. The van der Waals surface area contributed by atoms with Gasteiger partial charge in [-0.05, 0) is 18.6 Å². The normalized spacial score (nSPS) is 10.4. The van der Waals surface area contributed by atoms with E-state index in [1.165, 1.54) is 11.5 Å². The molecule has 0 amide bonds. The molecule has 5 heteroatoms. The molecule has 0 aliphatic rings. The zero-order valence-corrected chi connectivity index (χ0v) is 7.26. The molecule has 0 aromatic carbocycles. The maximum absolute atomic E-state index is 5.44. The second-order valence-electron chi connectivity index (χ2n) is 2.39. The number of furan rings is 1. The SMILES string of the molecule is Cc1ccoc1-c1nsc(N)n1. The molecular formula is C7H7N3OS. The summed E-state index contributed by atoms with van der Waals surface area (Å²) in [6.45, 7) is 1.94. The Bertz CT molecular complexity index is 393. The van der Waals surface area contributed by atoms with Crippen molar-refractivity contribution in [2.24, 2.45) is 0 Å². The molecule has 0 atom stereocenters. The van der Waals surface area contributed by atoms with Crippen LogP contribution < -0.4 is 5.73 Å². The Morgan fingerprint density at radius 3 is 2.92 bits per heavy atom. The lowest BCUT2D eigenvalue weighted by molar-refractivity contribution is 0.577. The summed E-state index contributed by atoms with van der Waals surface area (Å²) < 4.78 is 9.22. The number of nitrogens with two attached hydrogens (primary N) is 1. The Kier molecular flexibility index (Phi) is 1.58. The Hall–Kier alpha value is -1.36. The molecule has 62 valence electrons. The Labute approximate surface area is 73.2 Å². The van der Waals surface area contributed by atoms with E-state index in [4.69, 9.17) is 10.2 Å². The van der Waals surface area contributed by atoms with E-state index in [0.29, 0.717) is 16.7 Å². The summed E-state index contributed by atoms with van der Waals surface area (Å²) >= 11 is 1.17. The van der Waals surface area contributed by atoms with Gasteiger partial charge in [-0.1, -0.05) is 0 Å². The van der Waals surface area contributed by atoms with Gasteiger partial charge in [0.25, 0.3) is 0 Å². The summed E-state index contributed by atoms with van der Waals surface area (Å²) in [5.74, 6) is 1.27. The van der Waals surface area contributed by atoms with Crippen LogP contribution in [0.5, 0.6) is 0 Å². The van der Waals surface area contributed by atoms with Crippen LogP contribution in [0, 0.1) is 6.92 Å². The van der Waals surface area contributed by atoms with Crippen molar-refractivity contribution in [1.29, 1.82) is 0 Å². The number of aryl methyl sites for hydroxylation is 1. The fourth-order valence-corrected chi connectivity index (χ4v) is 1.36. The maximum atomic E-state index is 5.44. The van der Waals surface area contributed by atoms with Gasteiger partial charge in [0.15, 0.2) is 10.9 Å². The van der Waals surface area contributed by atoms with Gasteiger partial charge in [0, 0.05) is 11.5 Å². The van der Waals surface area contributed by atoms with Gasteiger partial charge in [-0.15, -0.1) is 0 Å². The van der Waals surface area contributed by atoms with E-state index in [0.717, 1.165) is 5.56 Å². The second-order valence-corrected chi connectivity index (χ2v) is 3.17. The number of nitrogens with zero attached hydrogens (tertiary/aromatic N) is 2. The molecule has 0 saturated carbocycles. The number of anilines is 1. The molecule has 0 unspecified atom stereocenters. The minimum atomic E-state index is 0.459. The van der Waals surface area contributed by atoms with E-state index in [1.807, 2.05) is 13.0 Å². The third-order valence-electron chi connectivity index (χ3n) is 1.51. The number of aromatic nitrogens is 2. The molecule has 2 aromatic heterocycles. The third-order valence-corrected chi connectivity index (χ3v) is 2.05. The van der Waals surface area contributed by atoms with Crippen LogP contribution >= 0.6 is 11.5 Å². The highest BCUT2D eigenvalue weighted by Gasteiger charge is 2.09. The molecule has 0 aliphatic carbocycles. The summed E-state index contributed by atoms with van der Waals surface area (Å²) in [7, 11) is 0. The fraction of sp³-hybridized carbons (Fsp3) is 0.143. The van der Waals surface area contributed by atoms with Gasteiger partial charge in [-0.25, -0.2) is 0 Å². The molecule has 0 radical (unpaired) electrons. The Balaban J connectivity index is 2.50. The predicted octanol–water partition coefficient (Wildman–Crippen LogP) is 1.69. The van der Waals surface area contributed by atoms with Crippen LogP contribution in [0.15, 0.2) is 16.7 Å². The van der Waals surface area contributed by atoms with E-state index < -0.39 is 0 Å². The smallest absolute Gasteiger partial charge is 0.210 e. The number of rotatable bonds is 1. The van der Waals surface area contributed by atoms with Crippen molar-refractivity contribution in [3.63, 3.8) is 0 Å². The minimum Gasteiger partial charge on any atom is -0.461 e. The van der Waals surface area contributed by atoms with Crippen molar-refractivity contribution in [2.75, 3.05) is 5.73 Å². The number of nitrogen functional groups attached to an aromatic ring is 1. The zero-order valence-electron chi connectivity index (χ0n) is 6.44. The summed E-state index contributed by atoms with van der Waals surface area (Å²) in [6, 6.07) is 1.87. The molecule has 2 N–H and O–H groups in total. The predicted molar refractivity (Wildman–Crippen MR) is 46.8 cm³/mol. The van der Waals surface area contributed by atoms with Crippen molar-refractivity contribution in [3.8, 4) is 11.6 Å². The molecule has 0 spiro atoms. The van der Waals surface area contributed by atoms with Gasteiger partial charge in [0.05, 0.1) is 6.26 Å². The van der Waals surface area contributed by atoms with E-state index in [2.05, 4.69) is 9.36 Å². The van der Waals surface area contributed by atoms with E-state index in [-0.39, 0.29) is 0 Å². The molecule has 0 saturated heterocycles. The van der Waals surface area contributed by atoms with Crippen LogP contribution in [-0.4, -0.2) is 9.36 Å². The highest BCUT2D eigenvalue weighted by molar-refractivity contribution is 7.09. The van der Waals surface area contributed by atoms with Crippen molar-refractivity contribution in [1.82, 2.24) is 9.36 Å². The fourth-order valence-electron chi connectivity index (χ4n) is 0.929. The average molecular weight is 181 g/mol. The first-order valence-electron chi connectivity index (χ1n) is 3.41. The van der Waals surface area contributed by atoms with E-state index in [1.54, 1.807) is 6.26 Å². The van der Waals surface area contributed by atoms with Crippen LogP contribution in [0.4, 0.5) is 5.13 Å². The van der Waals surface area contributed by atoms with E-state index in [9.17, 15) is 0 Å². The van der Waals surface area contributed by atoms with Crippen molar-refractivity contribution < 1.29 is 4.42 Å². The first kappa shape index (κ1) is 7.30. The van der Waals surface area contributed by atoms with Crippen LogP contribution in [0.1, 0.15) is 5.56 Å². The summed E-state index contributed by atoms with van der Waals surface area (Å²) in [5.41, 5.74) is 6.46. The lowest BCUT2D eigenvalue weighted by Gasteiger charge is -1.88. The first-order valence-corrected chi connectivity index (χ1v) is 4.18. The van der Waals surface area contributed by atoms with Crippen molar-refractivity contribution in [3.05, 3.63) is 17.9 Å². The van der Waals surface area contributed by atoms with Gasteiger partial charge >= 0.3 is 0 Å². The van der Waals surface area contributed by atoms with Crippen LogP contribution in [-0.2, 0) is 0 Å². The molecule has 2 heterocycles. The third kappa shape index (κ3) is 1.08. The monoisotopic (exact) mass is 181 g/mol. The lowest BCUT2D eigenvalue weighted by atomic mass is 10.3. The molecular weight excluding hydrogens is 174 g/mol. The first-order chi connectivity index (χ1) is 5.77. The quantitative estimate of drug-likeness (QED) is 0.727. The van der Waals surface area contributed by atoms with Gasteiger partial charge in [-0.2, -0.15) is 9.36 Å². The van der Waals surface area contributed by atoms with Gasteiger partial charge in [0.2, 0.25) is 5.82 Å². The maximum Gasteiger partial charge on any atom is 0.210 e. The van der Waals surface area contributed by atoms with Crippen LogP contribution in [0.3, 0.4) is 0 Å². The Morgan fingerprint density at radius 2 is 2.42 bits per heavy atom. The molecule has 2 aromatic rings. The van der Waals surface area contributed by atoms with Crippen molar-refractivity contribution >= 4 is 16.7 Å². The highest BCUT2D eigenvalue weighted by Crippen LogP contribution is 2.23. The minimum absolute atomic E-state index is 0.459. The largest absolute Gasteiger partial charge is 0.461 e. The molecule has 0 bridgehead atoms. The molecule has 2 rings (SSSR count). The average Bonchev–Trinajstić information content (AvgIpc) is 2.58. The lowest BCUT2D eigenvalue weighted by Crippen LogP contribution is -1.83. The van der Waals surface area contributed by atoms with E-state index >= 15 is 0 Å². The molecule has 0 aliphatic heterocycles. The standard InChI is InChI=1S/C7H7N3OS/c1-4-2-3-11-5(4)6-9-7(8)12-10-6/h2-3H,1H3,(H2,8,9,10). The number of hydrogen-bond acceptors (Lipinski definition) is 5. The highest BCUT2D eigenvalue weighted by atomic mass is 32.1. The summed E-state index contributed by atoms with van der Waals surface area (Å²) in [5, 5.41) is 0.459. The number of hydrogen-bond donors (Lipinski definition) is 1. The van der Waals surface area contributed by atoms with Crippen molar-refractivity contribution in [2.45, 2.75) is 6.92 Å². The second kappa shape index (κ2) is 2.60. The molecule has 4 nitrogen and oxygen atoms in total. The van der Waals surface area contributed by atoms with Gasteiger partial charge in [-0.3, -0.25) is 0 Å².